The number of amides is 1. The minimum Gasteiger partial charge on any atom is -0.329 e. The molecule has 16 heavy (non-hydrogen) atoms. The van der Waals surface area contributed by atoms with E-state index in [1.807, 2.05) is 6.92 Å². The van der Waals surface area contributed by atoms with Crippen molar-refractivity contribution in [1.29, 1.82) is 0 Å². The summed E-state index contributed by atoms with van der Waals surface area (Å²) in [4.78, 5) is 15.9. The van der Waals surface area contributed by atoms with Crippen LogP contribution in [0.15, 0.2) is 12.3 Å². The van der Waals surface area contributed by atoms with E-state index in [-0.39, 0.29) is 11.3 Å². The summed E-state index contributed by atoms with van der Waals surface area (Å²) in [5.74, 6) is -0.0153. The molecule has 1 saturated carbocycles. The molecule has 86 valence electrons. The number of aryl methyl sites for hydroxylation is 1. The van der Waals surface area contributed by atoms with Crippen LogP contribution in [0.3, 0.4) is 0 Å². The van der Waals surface area contributed by atoms with Crippen LogP contribution in [-0.2, 0) is 4.79 Å². The second-order valence-electron chi connectivity index (χ2n) is 4.27. The standard InChI is InChI=1S/C11H14ClN3O/c1-7-4-8(5-14-9(7)12)15-10(16)11(6-13)2-3-11/h4-5H,2-3,6,13H2,1H3,(H,15,16). The van der Waals surface area contributed by atoms with Crippen LogP contribution >= 0.6 is 11.6 Å². The van der Waals surface area contributed by atoms with Gasteiger partial charge in [0.2, 0.25) is 5.91 Å². The van der Waals surface area contributed by atoms with E-state index in [1.165, 1.54) is 0 Å². The number of rotatable bonds is 3. The maximum absolute atomic E-state index is 11.9. The molecule has 1 aromatic heterocycles. The minimum atomic E-state index is -0.340. The molecule has 1 aliphatic carbocycles. The molecule has 0 aliphatic heterocycles. The van der Waals surface area contributed by atoms with Crippen molar-refractivity contribution in [3.05, 3.63) is 23.0 Å². The third-order valence-corrected chi connectivity index (χ3v) is 3.39. The van der Waals surface area contributed by atoms with Gasteiger partial charge in [-0.2, -0.15) is 0 Å². The van der Waals surface area contributed by atoms with Crippen LogP contribution in [0.5, 0.6) is 0 Å². The van der Waals surface area contributed by atoms with Crippen molar-refractivity contribution in [1.82, 2.24) is 4.98 Å². The van der Waals surface area contributed by atoms with Crippen LogP contribution < -0.4 is 11.1 Å². The third-order valence-electron chi connectivity index (χ3n) is 3.00. The third kappa shape index (κ3) is 2.03. The zero-order valence-electron chi connectivity index (χ0n) is 9.09. The number of carbonyl (C=O) groups excluding carboxylic acids is 1. The lowest BCUT2D eigenvalue weighted by atomic mass is 10.1. The first-order valence-electron chi connectivity index (χ1n) is 5.21. The van der Waals surface area contributed by atoms with E-state index in [0.29, 0.717) is 17.4 Å². The fourth-order valence-electron chi connectivity index (χ4n) is 1.56. The fourth-order valence-corrected chi connectivity index (χ4v) is 1.67. The van der Waals surface area contributed by atoms with Crippen LogP contribution in [0.25, 0.3) is 0 Å². The molecule has 0 saturated heterocycles. The molecule has 1 fully saturated rings. The van der Waals surface area contributed by atoms with Gasteiger partial charge in [-0.05, 0) is 31.4 Å². The van der Waals surface area contributed by atoms with Gasteiger partial charge in [0.05, 0.1) is 17.3 Å². The normalized spacial score (nSPS) is 16.9. The van der Waals surface area contributed by atoms with Crippen LogP contribution in [0.4, 0.5) is 5.69 Å². The molecule has 4 nitrogen and oxygen atoms in total. The molecule has 0 spiro atoms. The Bertz CT molecular complexity index is 429. The molecule has 0 radical (unpaired) electrons. The average molecular weight is 240 g/mol. The van der Waals surface area contributed by atoms with Crippen molar-refractivity contribution in [2.75, 3.05) is 11.9 Å². The Labute approximate surface area is 99.2 Å². The van der Waals surface area contributed by atoms with Gasteiger partial charge in [0, 0.05) is 6.54 Å². The summed E-state index contributed by atoms with van der Waals surface area (Å²) < 4.78 is 0. The average Bonchev–Trinajstić information content (AvgIpc) is 3.04. The smallest absolute Gasteiger partial charge is 0.231 e. The van der Waals surface area contributed by atoms with Crippen molar-refractivity contribution in [2.24, 2.45) is 11.1 Å². The summed E-state index contributed by atoms with van der Waals surface area (Å²) in [5.41, 5.74) is 6.76. The summed E-state index contributed by atoms with van der Waals surface area (Å²) in [6.45, 7) is 2.25. The van der Waals surface area contributed by atoms with E-state index < -0.39 is 0 Å². The number of hydrogen-bond acceptors (Lipinski definition) is 3. The number of anilines is 1. The van der Waals surface area contributed by atoms with Gasteiger partial charge in [-0.3, -0.25) is 4.79 Å². The second-order valence-corrected chi connectivity index (χ2v) is 4.63. The molecule has 1 amide bonds. The van der Waals surface area contributed by atoms with E-state index in [4.69, 9.17) is 17.3 Å². The molecule has 0 atom stereocenters. The monoisotopic (exact) mass is 239 g/mol. The second kappa shape index (κ2) is 4.03. The van der Waals surface area contributed by atoms with Crippen LogP contribution in [0.2, 0.25) is 5.15 Å². The Balaban J connectivity index is 2.09. The number of nitrogens with zero attached hydrogens (tertiary/aromatic N) is 1. The lowest BCUT2D eigenvalue weighted by molar-refractivity contribution is -0.120. The first-order valence-corrected chi connectivity index (χ1v) is 5.59. The lowest BCUT2D eigenvalue weighted by Gasteiger charge is -2.12. The Morgan fingerprint density at radius 3 is 2.88 bits per heavy atom. The highest BCUT2D eigenvalue weighted by molar-refractivity contribution is 6.30. The summed E-state index contributed by atoms with van der Waals surface area (Å²) in [5, 5.41) is 3.28. The molecule has 1 aliphatic rings. The predicted octanol–water partition coefficient (Wildman–Crippen LogP) is 1.72. The number of halogens is 1. The first-order chi connectivity index (χ1) is 7.57. The number of hydrogen-bond donors (Lipinski definition) is 2. The highest BCUT2D eigenvalue weighted by atomic mass is 35.5. The summed E-state index contributed by atoms with van der Waals surface area (Å²) >= 11 is 5.80. The Kier molecular flexibility index (Phi) is 2.86. The molecule has 1 aromatic rings. The van der Waals surface area contributed by atoms with E-state index >= 15 is 0 Å². The van der Waals surface area contributed by atoms with E-state index in [9.17, 15) is 4.79 Å². The lowest BCUT2D eigenvalue weighted by Crippen LogP contribution is -2.30. The molecule has 2 rings (SSSR count). The topological polar surface area (TPSA) is 68.0 Å². The highest BCUT2D eigenvalue weighted by Gasteiger charge is 2.48. The van der Waals surface area contributed by atoms with Crippen molar-refractivity contribution < 1.29 is 4.79 Å². The molecule has 0 unspecified atom stereocenters. The van der Waals surface area contributed by atoms with Gasteiger partial charge in [0.25, 0.3) is 0 Å². The predicted molar refractivity (Wildman–Crippen MR) is 63.3 cm³/mol. The zero-order chi connectivity index (χ0) is 11.8. The van der Waals surface area contributed by atoms with Gasteiger partial charge >= 0.3 is 0 Å². The van der Waals surface area contributed by atoms with Crippen LogP contribution in [0, 0.1) is 12.3 Å². The van der Waals surface area contributed by atoms with Crippen molar-refractivity contribution in [2.45, 2.75) is 19.8 Å². The van der Waals surface area contributed by atoms with Gasteiger partial charge in [-0.25, -0.2) is 4.98 Å². The molecular weight excluding hydrogens is 226 g/mol. The molecule has 0 aromatic carbocycles. The number of pyridine rings is 1. The summed E-state index contributed by atoms with van der Waals surface area (Å²) in [6.07, 6.45) is 3.30. The molecule has 3 N–H and O–H groups in total. The number of carbonyl (C=O) groups is 1. The van der Waals surface area contributed by atoms with E-state index in [2.05, 4.69) is 10.3 Å². The largest absolute Gasteiger partial charge is 0.329 e. The van der Waals surface area contributed by atoms with Gasteiger partial charge in [-0.15, -0.1) is 0 Å². The minimum absolute atomic E-state index is 0.0153. The summed E-state index contributed by atoms with van der Waals surface area (Å²) in [7, 11) is 0. The maximum atomic E-state index is 11.9. The Hall–Kier alpha value is -1.13. The molecule has 1 heterocycles. The molecule has 0 bridgehead atoms. The maximum Gasteiger partial charge on any atom is 0.231 e. The number of nitrogens with two attached hydrogens (primary N) is 1. The first kappa shape index (κ1) is 11.4. The van der Waals surface area contributed by atoms with Crippen molar-refractivity contribution in [3.8, 4) is 0 Å². The number of aromatic nitrogens is 1. The Morgan fingerprint density at radius 2 is 2.38 bits per heavy atom. The van der Waals surface area contributed by atoms with Gasteiger partial charge in [0.15, 0.2) is 0 Å². The fraction of sp³-hybridized carbons (Fsp3) is 0.455. The SMILES string of the molecule is Cc1cc(NC(=O)C2(CN)CC2)cnc1Cl. The molecule has 5 heteroatoms. The van der Waals surface area contributed by atoms with E-state index in [0.717, 1.165) is 18.4 Å². The Morgan fingerprint density at radius 1 is 1.69 bits per heavy atom. The van der Waals surface area contributed by atoms with Gasteiger partial charge in [0.1, 0.15) is 5.15 Å². The van der Waals surface area contributed by atoms with Crippen LogP contribution in [0.1, 0.15) is 18.4 Å². The number of nitrogens with one attached hydrogen (secondary N) is 1. The quantitative estimate of drug-likeness (QED) is 0.790. The van der Waals surface area contributed by atoms with Gasteiger partial charge < -0.3 is 11.1 Å². The zero-order valence-corrected chi connectivity index (χ0v) is 9.84. The van der Waals surface area contributed by atoms with Crippen molar-refractivity contribution >= 4 is 23.2 Å². The van der Waals surface area contributed by atoms with Crippen molar-refractivity contribution in [3.63, 3.8) is 0 Å². The van der Waals surface area contributed by atoms with E-state index in [1.54, 1.807) is 12.3 Å². The van der Waals surface area contributed by atoms with Crippen LogP contribution in [-0.4, -0.2) is 17.4 Å². The van der Waals surface area contributed by atoms with Gasteiger partial charge in [-0.1, -0.05) is 11.6 Å². The highest BCUT2D eigenvalue weighted by Crippen LogP contribution is 2.45. The molecular formula is C11H14ClN3O. The summed E-state index contributed by atoms with van der Waals surface area (Å²) in [6, 6.07) is 1.81.